The Balaban J connectivity index is 2.99. The Hall–Kier alpha value is -1.23. The van der Waals surface area contributed by atoms with Crippen LogP contribution in [0.25, 0.3) is 6.08 Å². The molecule has 0 saturated heterocycles. The van der Waals surface area contributed by atoms with Crippen LogP contribution < -0.4 is 0 Å². The molecule has 0 radical (unpaired) electrons. The maximum atomic E-state index is 10.7. The van der Waals surface area contributed by atoms with E-state index >= 15 is 0 Å². The van der Waals surface area contributed by atoms with Gasteiger partial charge in [0.25, 0.3) is 0 Å². The molecule has 1 aromatic rings. The van der Waals surface area contributed by atoms with Crippen LogP contribution in [0.2, 0.25) is 0 Å². The molecule has 0 unspecified atom stereocenters. The molecule has 0 amide bonds. The Kier molecular flexibility index (Phi) is 3.80. The first kappa shape index (κ1) is 12.8. The SMILES string of the molecule is CCC(=Cc1csc(C(C)(C)C)n1)[N+](=O)[O-]. The van der Waals surface area contributed by atoms with Crippen molar-refractivity contribution in [1.29, 1.82) is 0 Å². The molecule has 0 fully saturated rings. The molecule has 0 bridgehead atoms. The summed E-state index contributed by atoms with van der Waals surface area (Å²) >= 11 is 1.54. The van der Waals surface area contributed by atoms with E-state index in [1.165, 1.54) is 0 Å². The third-order valence-electron chi connectivity index (χ3n) is 2.07. The van der Waals surface area contributed by atoms with Crippen LogP contribution in [0.5, 0.6) is 0 Å². The van der Waals surface area contributed by atoms with Crippen molar-refractivity contribution in [1.82, 2.24) is 4.98 Å². The lowest BCUT2D eigenvalue weighted by molar-refractivity contribution is -0.425. The van der Waals surface area contributed by atoms with Gasteiger partial charge in [0.2, 0.25) is 5.70 Å². The lowest BCUT2D eigenvalue weighted by atomic mass is 9.98. The zero-order chi connectivity index (χ0) is 12.3. The Morgan fingerprint density at radius 2 is 2.25 bits per heavy atom. The van der Waals surface area contributed by atoms with Gasteiger partial charge in [0.05, 0.1) is 15.6 Å². The number of allylic oxidation sites excluding steroid dienone is 1. The van der Waals surface area contributed by atoms with Crippen LogP contribution in [0.4, 0.5) is 0 Å². The van der Waals surface area contributed by atoms with Crippen LogP contribution in [-0.4, -0.2) is 9.91 Å². The van der Waals surface area contributed by atoms with Crippen molar-refractivity contribution >= 4 is 17.4 Å². The molecule has 0 saturated carbocycles. The van der Waals surface area contributed by atoms with Gasteiger partial charge in [0, 0.05) is 23.3 Å². The zero-order valence-corrected chi connectivity index (χ0v) is 10.8. The minimum absolute atomic E-state index is 0.00223. The van der Waals surface area contributed by atoms with Crippen molar-refractivity contribution in [2.24, 2.45) is 0 Å². The molecule has 0 N–H and O–H groups in total. The summed E-state index contributed by atoms with van der Waals surface area (Å²) in [6.07, 6.45) is 1.96. The molecule has 0 spiro atoms. The van der Waals surface area contributed by atoms with Crippen molar-refractivity contribution < 1.29 is 4.92 Å². The highest BCUT2D eigenvalue weighted by Gasteiger charge is 2.18. The highest BCUT2D eigenvalue weighted by Crippen LogP contribution is 2.26. The molecule has 0 aliphatic heterocycles. The maximum absolute atomic E-state index is 10.7. The first-order chi connectivity index (χ1) is 7.34. The van der Waals surface area contributed by atoms with Gasteiger partial charge in [-0.05, 0) is 0 Å². The average Bonchev–Trinajstić information content (AvgIpc) is 2.61. The van der Waals surface area contributed by atoms with Crippen LogP contribution in [0.15, 0.2) is 11.1 Å². The van der Waals surface area contributed by atoms with Gasteiger partial charge in [-0.3, -0.25) is 10.1 Å². The van der Waals surface area contributed by atoms with E-state index in [-0.39, 0.29) is 16.0 Å². The second kappa shape index (κ2) is 4.74. The Morgan fingerprint density at radius 3 is 2.62 bits per heavy atom. The van der Waals surface area contributed by atoms with Gasteiger partial charge in [-0.25, -0.2) is 4.98 Å². The van der Waals surface area contributed by atoms with Crippen molar-refractivity contribution in [3.05, 3.63) is 31.9 Å². The summed E-state index contributed by atoms with van der Waals surface area (Å²) in [5, 5.41) is 13.5. The van der Waals surface area contributed by atoms with Gasteiger partial charge in [-0.1, -0.05) is 27.7 Å². The third-order valence-corrected chi connectivity index (χ3v) is 3.36. The molecular formula is C11H16N2O2S. The van der Waals surface area contributed by atoms with Gasteiger partial charge in [0.1, 0.15) is 0 Å². The molecule has 88 valence electrons. The normalized spacial score (nSPS) is 12.9. The molecule has 0 aromatic carbocycles. The molecule has 4 nitrogen and oxygen atoms in total. The molecule has 1 heterocycles. The summed E-state index contributed by atoms with van der Waals surface area (Å²) in [6, 6.07) is 0. The third kappa shape index (κ3) is 3.13. The van der Waals surface area contributed by atoms with E-state index < -0.39 is 0 Å². The van der Waals surface area contributed by atoms with Crippen molar-refractivity contribution in [3.8, 4) is 0 Å². The minimum atomic E-state index is -0.351. The van der Waals surface area contributed by atoms with E-state index in [0.717, 1.165) is 5.01 Å². The standard InChI is InChI=1S/C11H16N2O2S/c1-5-9(13(14)15)6-8-7-16-10(12-8)11(2,3)4/h6-7H,5H2,1-4H3. The lowest BCUT2D eigenvalue weighted by Gasteiger charge is -2.13. The lowest BCUT2D eigenvalue weighted by Crippen LogP contribution is -2.10. The summed E-state index contributed by atoms with van der Waals surface area (Å²) in [5.74, 6) is 0. The Morgan fingerprint density at radius 1 is 1.62 bits per heavy atom. The first-order valence-electron chi connectivity index (χ1n) is 5.15. The second-order valence-electron chi connectivity index (χ2n) is 4.57. The summed E-state index contributed by atoms with van der Waals surface area (Å²) < 4.78 is 0. The number of nitro groups is 1. The molecule has 5 heteroatoms. The van der Waals surface area contributed by atoms with E-state index in [9.17, 15) is 10.1 Å². The van der Waals surface area contributed by atoms with Gasteiger partial charge >= 0.3 is 0 Å². The highest BCUT2D eigenvalue weighted by atomic mass is 32.1. The van der Waals surface area contributed by atoms with E-state index in [1.807, 2.05) is 5.38 Å². The maximum Gasteiger partial charge on any atom is 0.248 e. The summed E-state index contributed by atoms with van der Waals surface area (Å²) in [7, 11) is 0. The number of rotatable bonds is 3. The predicted octanol–water partition coefficient (Wildman–Crippen LogP) is 3.47. The number of nitrogens with zero attached hydrogens (tertiary/aromatic N) is 2. The minimum Gasteiger partial charge on any atom is -0.259 e. The molecular weight excluding hydrogens is 224 g/mol. The fraction of sp³-hybridized carbons (Fsp3) is 0.545. The number of hydrogen-bond donors (Lipinski definition) is 0. The quantitative estimate of drug-likeness (QED) is 0.600. The fourth-order valence-electron chi connectivity index (χ4n) is 1.15. The molecule has 0 aliphatic rings. The number of aromatic nitrogens is 1. The van der Waals surface area contributed by atoms with Crippen molar-refractivity contribution in [2.45, 2.75) is 39.5 Å². The molecule has 1 aromatic heterocycles. The highest BCUT2D eigenvalue weighted by molar-refractivity contribution is 7.09. The number of thiazole rings is 1. The topological polar surface area (TPSA) is 56.0 Å². The van der Waals surface area contributed by atoms with E-state index in [1.54, 1.807) is 24.3 Å². The molecule has 0 aliphatic carbocycles. The fourth-order valence-corrected chi connectivity index (χ4v) is 2.02. The van der Waals surface area contributed by atoms with Gasteiger partial charge < -0.3 is 0 Å². The first-order valence-corrected chi connectivity index (χ1v) is 6.03. The second-order valence-corrected chi connectivity index (χ2v) is 5.43. The van der Waals surface area contributed by atoms with Gasteiger partial charge in [-0.2, -0.15) is 0 Å². The van der Waals surface area contributed by atoms with Crippen LogP contribution in [0.3, 0.4) is 0 Å². The summed E-state index contributed by atoms with van der Waals surface area (Å²) in [6.45, 7) is 8.00. The van der Waals surface area contributed by atoms with Gasteiger partial charge in [-0.15, -0.1) is 11.3 Å². The monoisotopic (exact) mass is 240 g/mol. The average molecular weight is 240 g/mol. The van der Waals surface area contributed by atoms with Crippen LogP contribution in [0, 0.1) is 10.1 Å². The Bertz CT molecular complexity index is 416. The molecule has 0 atom stereocenters. The van der Waals surface area contributed by atoms with Gasteiger partial charge in [0.15, 0.2) is 0 Å². The predicted molar refractivity (Wildman–Crippen MR) is 66.1 cm³/mol. The summed E-state index contributed by atoms with van der Waals surface area (Å²) in [4.78, 5) is 14.7. The van der Waals surface area contributed by atoms with E-state index in [2.05, 4.69) is 25.8 Å². The van der Waals surface area contributed by atoms with E-state index in [0.29, 0.717) is 12.1 Å². The summed E-state index contributed by atoms with van der Waals surface area (Å²) in [5.41, 5.74) is 0.881. The molecule has 1 rings (SSSR count). The Labute approximate surface area is 99.2 Å². The molecule has 16 heavy (non-hydrogen) atoms. The smallest absolute Gasteiger partial charge is 0.248 e. The largest absolute Gasteiger partial charge is 0.259 e. The number of hydrogen-bond acceptors (Lipinski definition) is 4. The zero-order valence-electron chi connectivity index (χ0n) is 9.98. The van der Waals surface area contributed by atoms with Crippen molar-refractivity contribution in [3.63, 3.8) is 0 Å². The van der Waals surface area contributed by atoms with E-state index in [4.69, 9.17) is 0 Å². The van der Waals surface area contributed by atoms with Crippen LogP contribution >= 0.6 is 11.3 Å². The van der Waals surface area contributed by atoms with Crippen LogP contribution in [-0.2, 0) is 5.41 Å². The van der Waals surface area contributed by atoms with Crippen molar-refractivity contribution in [2.75, 3.05) is 0 Å². The van der Waals surface area contributed by atoms with Crippen LogP contribution in [0.1, 0.15) is 44.8 Å².